The van der Waals surface area contributed by atoms with Gasteiger partial charge in [-0.2, -0.15) is 17.4 Å². The summed E-state index contributed by atoms with van der Waals surface area (Å²) in [4.78, 5) is 19.0. The first-order chi connectivity index (χ1) is 15.1. The maximum absolute atomic E-state index is 13.4. The van der Waals surface area contributed by atoms with Crippen molar-refractivity contribution in [3.05, 3.63) is 70.1 Å². The average Bonchev–Trinajstić information content (AvgIpc) is 3.23. The number of nitrogens with zero attached hydrogens (tertiary/aromatic N) is 2. The molecule has 1 aliphatic heterocycles. The van der Waals surface area contributed by atoms with Crippen LogP contribution in [0.1, 0.15) is 23.0 Å². The van der Waals surface area contributed by atoms with Crippen molar-refractivity contribution < 1.29 is 17.6 Å². The first-order valence-corrected chi connectivity index (χ1v) is 12.3. The van der Waals surface area contributed by atoms with Gasteiger partial charge in [0, 0.05) is 39.9 Å². The van der Waals surface area contributed by atoms with Gasteiger partial charge in [0.2, 0.25) is 5.91 Å². The third-order valence-electron chi connectivity index (χ3n) is 5.22. The molecule has 2 N–H and O–H groups in total. The van der Waals surface area contributed by atoms with E-state index >= 15 is 0 Å². The number of pyridine rings is 1. The molecule has 1 aromatic carbocycles. The highest BCUT2D eigenvalue weighted by Crippen LogP contribution is 2.36. The second-order valence-electron chi connectivity index (χ2n) is 7.45. The van der Waals surface area contributed by atoms with E-state index < -0.39 is 34.0 Å². The fourth-order valence-electron chi connectivity index (χ4n) is 3.40. The number of likely N-dealkylation sites (N-methyl/N-ethyl adjacent to an activating group) is 1. The third-order valence-corrected chi connectivity index (χ3v) is 8.36. The molecule has 32 heavy (non-hydrogen) atoms. The van der Waals surface area contributed by atoms with Gasteiger partial charge in [0.05, 0.1) is 11.1 Å². The fraction of sp³-hybridized carbons (Fsp3) is 0.238. The molecule has 0 radical (unpaired) electrons. The van der Waals surface area contributed by atoms with E-state index in [1.165, 1.54) is 30.5 Å². The predicted octanol–water partition coefficient (Wildman–Crippen LogP) is 4.13. The lowest BCUT2D eigenvalue weighted by Gasteiger charge is -2.35. The van der Waals surface area contributed by atoms with Gasteiger partial charge < -0.3 is 5.32 Å². The molecule has 3 heterocycles. The molecule has 0 aliphatic carbocycles. The van der Waals surface area contributed by atoms with Crippen molar-refractivity contribution in [3.8, 4) is 10.4 Å². The van der Waals surface area contributed by atoms with Gasteiger partial charge in [0.15, 0.2) is 0 Å². The smallest absolute Gasteiger partial charge is 0.280 e. The molecule has 168 valence electrons. The molecule has 1 fully saturated rings. The number of halogens is 2. The van der Waals surface area contributed by atoms with E-state index in [4.69, 9.17) is 11.6 Å². The van der Waals surface area contributed by atoms with Crippen molar-refractivity contribution in [2.45, 2.75) is 25.4 Å². The Morgan fingerprint density at radius 3 is 2.75 bits per heavy atom. The highest BCUT2D eigenvalue weighted by molar-refractivity contribution is 7.87. The summed E-state index contributed by atoms with van der Waals surface area (Å²) in [5.74, 6) is -1.13. The number of hydrogen-bond donors (Lipinski definition) is 2. The molecule has 3 aromatic rings. The number of aryl methyl sites for hydroxylation is 1. The van der Waals surface area contributed by atoms with E-state index in [0.29, 0.717) is 0 Å². The van der Waals surface area contributed by atoms with Gasteiger partial charge in [-0.25, -0.2) is 4.39 Å². The quantitative estimate of drug-likeness (QED) is 0.570. The normalized spacial score (nSPS) is 20.8. The van der Waals surface area contributed by atoms with Gasteiger partial charge in [-0.1, -0.05) is 17.7 Å². The van der Waals surface area contributed by atoms with Crippen molar-refractivity contribution >= 4 is 44.7 Å². The van der Waals surface area contributed by atoms with Crippen LogP contribution in [0.4, 0.5) is 10.1 Å². The Labute approximate surface area is 194 Å². The Morgan fingerprint density at radius 2 is 2.06 bits per heavy atom. The van der Waals surface area contributed by atoms with Crippen LogP contribution >= 0.6 is 22.9 Å². The maximum Gasteiger partial charge on any atom is 0.280 e. The van der Waals surface area contributed by atoms with Crippen LogP contribution in [0.15, 0.2) is 48.7 Å². The van der Waals surface area contributed by atoms with E-state index in [1.54, 1.807) is 6.20 Å². The van der Waals surface area contributed by atoms with E-state index in [-0.39, 0.29) is 17.1 Å². The van der Waals surface area contributed by atoms with Gasteiger partial charge in [-0.15, -0.1) is 11.3 Å². The number of thiophene rings is 1. The van der Waals surface area contributed by atoms with E-state index in [1.807, 2.05) is 31.2 Å². The van der Waals surface area contributed by atoms with Crippen LogP contribution < -0.4 is 10.0 Å². The minimum Gasteiger partial charge on any atom is -0.325 e. The number of carbonyl (C=O) groups excluding carboxylic acids is 1. The molecule has 2 unspecified atom stereocenters. The number of aromatic nitrogens is 1. The molecule has 0 spiro atoms. The van der Waals surface area contributed by atoms with Crippen LogP contribution in [-0.2, 0) is 15.0 Å². The topological polar surface area (TPSA) is 91.4 Å². The van der Waals surface area contributed by atoms with Crippen LogP contribution in [0, 0.1) is 12.7 Å². The molecule has 4 rings (SSSR count). The Bertz CT molecular complexity index is 1260. The number of rotatable bonds is 4. The second-order valence-corrected chi connectivity index (χ2v) is 10.7. The fourth-order valence-corrected chi connectivity index (χ4v) is 5.99. The number of carbonyl (C=O) groups is 1. The Balaban J connectivity index is 1.56. The molecule has 2 aromatic heterocycles. The zero-order chi connectivity index (χ0) is 23.0. The first kappa shape index (κ1) is 22.8. The largest absolute Gasteiger partial charge is 0.325 e. The molecule has 1 aliphatic rings. The van der Waals surface area contributed by atoms with Crippen LogP contribution in [0.25, 0.3) is 10.4 Å². The van der Waals surface area contributed by atoms with Crippen LogP contribution in [0.2, 0.25) is 5.02 Å². The lowest BCUT2D eigenvalue weighted by molar-refractivity contribution is -0.120. The summed E-state index contributed by atoms with van der Waals surface area (Å²) < 4.78 is 42.4. The molecular weight excluding hydrogens is 475 g/mol. The standard InChI is InChI=1S/C21H20ClFN4O3S2/c1-12-3-4-13(11-24-12)19-7-8-20(31-19)17-10-18(27(2)32(29,30)26-17)21(28)25-14-5-6-16(23)15(22)9-14/h3-9,11,17-18,26H,10H2,1-2H3,(H,25,28). The Kier molecular flexibility index (Phi) is 6.33. The summed E-state index contributed by atoms with van der Waals surface area (Å²) in [6.45, 7) is 1.90. The summed E-state index contributed by atoms with van der Waals surface area (Å²) in [6.07, 6.45) is 2.00. The predicted molar refractivity (Wildman–Crippen MR) is 123 cm³/mol. The Morgan fingerprint density at radius 1 is 1.28 bits per heavy atom. The van der Waals surface area contributed by atoms with Crippen molar-refractivity contribution in [2.24, 2.45) is 0 Å². The van der Waals surface area contributed by atoms with Crippen molar-refractivity contribution in [1.29, 1.82) is 0 Å². The first-order valence-electron chi connectivity index (χ1n) is 9.68. The highest BCUT2D eigenvalue weighted by Gasteiger charge is 2.41. The highest BCUT2D eigenvalue weighted by atomic mass is 35.5. The van der Waals surface area contributed by atoms with Crippen molar-refractivity contribution in [3.63, 3.8) is 0 Å². The summed E-state index contributed by atoms with van der Waals surface area (Å²) in [7, 11) is -2.54. The van der Waals surface area contributed by atoms with E-state index in [9.17, 15) is 17.6 Å². The number of anilines is 1. The second kappa shape index (κ2) is 8.87. The van der Waals surface area contributed by atoms with E-state index in [0.717, 1.165) is 31.4 Å². The maximum atomic E-state index is 13.4. The zero-order valence-electron chi connectivity index (χ0n) is 17.2. The lowest BCUT2D eigenvalue weighted by Crippen LogP contribution is -2.55. The summed E-state index contributed by atoms with van der Waals surface area (Å²) in [5.41, 5.74) is 2.13. The van der Waals surface area contributed by atoms with Crippen LogP contribution in [0.3, 0.4) is 0 Å². The molecule has 0 saturated carbocycles. The number of benzene rings is 1. The molecule has 7 nitrogen and oxygen atoms in total. The van der Waals surface area contributed by atoms with E-state index in [2.05, 4.69) is 15.0 Å². The minimum absolute atomic E-state index is 0.135. The molecular formula is C21H20ClFN4O3S2. The SMILES string of the molecule is Cc1ccc(-c2ccc(C3CC(C(=O)Nc4ccc(F)c(Cl)c4)N(C)S(=O)(=O)N3)s2)cn1. The Hall–Kier alpha value is -2.37. The number of amides is 1. The molecule has 0 bridgehead atoms. The zero-order valence-corrected chi connectivity index (χ0v) is 19.6. The minimum atomic E-state index is -3.89. The molecule has 11 heteroatoms. The summed E-state index contributed by atoms with van der Waals surface area (Å²) >= 11 is 7.22. The monoisotopic (exact) mass is 494 g/mol. The lowest BCUT2D eigenvalue weighted by atomic mass is 10.1. The summed E-state index contributed by atoms with van der Waals surface area (Å²) in [6, 6.07) is 9.90. The van der Waals surface area contributed by atoms with Gasteiger partial charge in [0.1, 0.15) is 11.9 Å². The molecule has 1 amide bonds. The van der Waals surface area contributed by atoms with Gasteiger partial charge in [0.25, 0.3) is 10.2 Å². The van der Waals surface area contributed by atoms with Crippen molar-refractivity contribution in [1.82, 2.24) is 14.0 Å². The van der Waals surface area contributed by atoms with Crippen molar-refractivity contribution in [2.75, 3.05) is 12.4 Å². The average molecular weight is 495 g/mol. The van der Waals surface area contributed by atoms with Crippen LogP contribution in [0.5, 0.6) is 0 Å². The van der Waals surface area contributed by atoms with Crippen LogP contribution in [-0.4, -0.2) is 36.7 Å². The molecule has 2 atom stereocenters. The molecule has 1 saturated heterocycles. The summed E-state index contributed by atoms with van der Waals surface area (Å²) in [5, 5.41) is 2.49. The number of hydrogen-bond acceptors (Lipinski definition) is 5. The number of nitrogens with one attached hydrogen (secondary N) is 2. The van der Waals surface area contributed by atoms with Gasteiger partial charge in [-0.05, 0) is 49.7 Å². The van der Waals surface area contributed by atoms with Gasteiger partial charge >= 0.3 is 0 Å². The third kappa shape index (κ3) is 4.69. The van der Waals surface area contributed by atoms with Gasteiger partial charge in [-0.3, -0.25) is 9.78 Å².